The molecule has 0 atom stereocenters. The lowest BCUT2D eigenvalue weighted by Crippen LogP contribution is -2.32. The molecule has 0 unspecified atom stereocenters. The third-order valence-electron chi connectivity index (χ3n) is 1.15. The normalized spacial score (nSPS) is 28.3. The van der Waals surface area contributed by atoms with Crippen molar-refractivity contribution in [3.63, 3.8) is 0 Å². The number of nitrogens with zero attached hydrogens (tertiary/aromatic N) is 1. The molecule has 1 heterocycles. The summed E-state index contributed by atoms with van der Waals surface area (Å²) in [6, 6.07) is 0. The lowest BCUT2D eigenvalue weighted by atomic mass is 10.6. The predicted molar refractivity (Wildman–Crippen MR) is 33.7 cm³/mol. The average Bonchev–Trinajstić information content (AvgIpc) is 1.84. The van der Waals surface area contributed by atoms with Crippen LogP contribution in [-0.4, -0.2) is 30.9 Å². The maximum atomic E-state index is 2.28. The summed E-state index contributed by atoms with van der Waals surface area (Å²) in [5.41, 5.74) is 0. The quantitative estimate of drug-likeness (QED) is 0.425. The molecule has 0 spiro atoms. The Morgan fingerprint density at radius 1 is 1.57 bits per heavy atom. The standard InChI is InChI=1S/C5H11NS/c1-6(2)3-4-7-5-6/h5H,3-4H2,1-2H3/q+1. The number of rotatable bonds is 0. The van der Waals surface area contributed by atoms with E-state index in [0.29, 0.717) is 0 Å². The van der Waals surface area contributed by atoms with E-state index in [1.54, 1.807) is 0 Å². The molecule has 1 radical (unpaired) electrons. The molecule has 0 aliphatic carbocycles. The van der Waals surface area contributed by atoms with Gasteiger partial charge in [0.25, 0.3) is 0 Å². The SMILES string of the molecule is C[N+]1(C)[CH]SCC1. The molecule has 0 aromatic rings. The van der Waals surface area contributed by atoms with E-state index in [-0.39, 0.29) is 0 Å². The molecule has 2 heteroatoms. The van der Waals surface area contributed by atoms with Crippen molar-refractivity contribution in [1.82, 2.24) is 0 Å². The van der Waals surface area contributed by atoms with Gasteiger partial charge in [0.15, 0.2) is 5.88 Å². The Kier molecular flexibility index (Phi) is 1.30. The lowest BCUT2D eigenvalue weighted by Gasteiger charge is -2.19. The zero-order valence-electron chi connectivity index (χ0n) is 4.85. The van der Waals surface area contributed by atoms with Crippen LogP contribution in [0, 0.1) is 5.88 Å². The molecule has 0 aromatic heterocycles. The molecule has 1 aliphatic heterocycles. The van der Waals surface area contributed by atoms with E-state index in [1.165, 1.54) is 12.3 Å². The van der Waals surface area contributed by atoms with Crippen molar-refractivity contribution in [3.8, 4) is 0 Å². The average molecular weight is 117 g/mol. The van der Waals surface area contributed by atoms with Crippen molar-refractivity contribution >= 4 is 11.8 Å². The van der Waals surface area contributed by atoms with E-state index in [1.807, 2.05) is 11.8 Å². The summed E-state index contributed by atoms with van der Waals surface area (Å²) in [4.78, 5) is 0. The summed E-state index contributed by atoms with van der Waals surface area (Å²) in [5, 5.41) is 0. The molecule has 1 fully saturated rings. The van der Waals surface area contributed by atoms with Crippen LogP contribution < -0.4 is 0 Å². The highest BCUT2D eigenvalue weighted by Crippen LogP contribution is 2.22. The Morgan fingerprint density at radius 2 is 2.29 bits per heavy atom. The highest BCUT2D eigenvalue weighted by molar-refractivity contribution is 8.01. The monoisotopic (exact) mass is 117 g/mol. The van der Waals surface area contributed by atoms with Crippen LogP contribution in [0.4, 0.5) is 0 Å². The first-order valence-electron chi connectivity index (χ1n) is 2.49. The van der Waals surface area contributed by atoms with Gasteiger partial charge in [-0.25, -0.2) is 0 Å². The van der Waals surface area contributed by atoms with Crippen molar-refractivity contribution in [3.05, 3.63) is 5.88 Å². The van der Waals surface area contributed by atoms with Crippen molar-refractivity contribution in [2.45, 2.75) is 0 Å². The summed E-state index contributed by atoms with van der Waals surface area (Å²) >= 11 is 1.93. The maximum Gasteiger partial charge on any atom is 0.198 e. The second-order valence-electron chi connectivity index (χ2n) is 2.48. The minimum atomic E-state index is 1.09. The fourth-order valence-electron chi connectivity index (χ4n) is 0.595. The van der Waals surface area contributed by atoms with Crippen molar-refractivity contribution in [2.75, 3.05) is 26.4 Å². The Hall–Kier alpha value is 0.310. The minimum absolute atomic E-state index is 1.09. The molecular weight excluding hydrogens is 106 g/mol. The molecule has 1 nitrogen and oxygen atoms in total. The van der Waals surface area contributed by atoms with Gasteiger partial charge in [0, 0.05) is 5.75 Å². The fraction of sp³-hybridized carbons (Fsp3) is 0.800. The largest absolute Gasteiger partial charge is 0.311 e. The molecule has 41 valence electrons. The Labute approximate surface area is 49.3 Å². The fourth-order valence-corrected chi connectivity index (χ4v) is 1.79. The second-order valence-corrected chi connectivity index (χ2v) is 3.43. The second kappa shape index (κ2) is 1.67. The summed E-state index contributed by atoms with van der Waals surface area (Å²) in [6.07, 6.45) is 0. The lowest BCUT2D eigenvalue weighted by molar-refractivity contribution is -0.844. The molecule has 1 saturated heterocycles. The molecule has 1 aliphatic rings. The number of hydrogen-bond acceptors (Lipinski definition) is 1. The maximum absolute atomic E-state index is 2.28. The number of hydrogen-bond donors (Lipinski definition) is 0. The highest BCUT2D eigenvalue weighted by Gasteiger charge is 2.22. The minimum Gasteiger partial charge on any atom is -0.311 e. The van der Waals surface area contributed by atoms with E-state index in [2.05, 4.69) is 20.0 Å². The van der Waals surface area contributed by atoms with Crippen LogP contribution in [0.1, 0.15) is 0 Å². The van der Waals surface area contributed by atoms with Gasteiger partial charge in [0.2, 0.25) is 0 Å². The summed E-state index contributed by atoms with van der Waals surface area (Å²) in [5.74, 6) is 3.58. The van der Waals surface area contributed by atoms with Crippen LogP contribution in [0.5, 0.6) is 0 Å². The summed E-state index contributed by atoms with van der Waals surface area (Å²) in [7, 11) is 4.44. The van der Waals surface area contributed by atoms with Crippen LogP contribution in [0.2, 0.25) is 0 Å². The third kappa shape index (κ3) is 1.35. The van der Waals surface area contributed by atoms with Gasteiger partial charge >= 0.3 is 0 Å². The summed E-state index contributed by atoms with van der Waals surface area (Å²) < 4.78 is 1.09. The van der Waals surface area contributed by atoms with Crippen molar-refractivity contribution < 1.29 is 4.48 Å². The van der Waals surface area contributed by atoms with Crippen molar-refractivity contribution in [1.29, 1.82) is 0 Å². The van der Waals surface area contributed by atoms with Gasteiger partial charge in [0.1, 0.15) is 0 Å². The molecule has 7 heavy (non-hydrogen) atoms. The van der Waals surface area contributed by atoms with Gasteiger partial charge < -0.3 is 4.48 Å². The predicted octanol–water partition coefficient (Wildman–Crippen LogP) is 0.929. The Bertz CT molecular complexity index is 62.5. The van der Waals surface area contributed by atoms with Crippen LogP contribution in [0.3, 0.4) is 0 Å². The molecule has 0 bridgehead atoms. The topological polar surface area (TPSA) is 0 Å². The molecule has 0 saturated carbocycles. The smallest absolute Gasteiger partial charge is 0.198 e. The summed E-state index contributed by atoms with van der Waals surface area (Å²) in [6.45, 7) is 1.30. The van der Waals surface area contributed by atoms with E-state index in [9.17, 15) is 0 Å². The first-order chi connectivity index (χ1) is 3.21. The van der Waals surface area contributed by atoms with E-state index in [0.717, 1.165) is 4.48 Å². The van der Waals surface area contributed by atoms with Gasteiger partial charge in [-0.3, -0.25) is 0 Å². The van der Waals surface area contributed by atoms with Crippen LogP contribution in [0.25, 0.3) is 0 Å². The first-order valence-corrected chi connectivity index (χ1v) is 3.54. The molecule has 1 rings (SSSR count). The van der Waals surface area contributed by atoms with E-state index < -0.39 is 0 Å². The van der Waals surface area contributed by atoms with Gasteiger partial charge in [-0.15, -0.1) is 0 Å². The first kappa shape index (κ1) is 5.45. The van der Waals surface area contributed by atoms with Gasteiger partial charge in [-0.2, -0.15) is 0 Å². The molecule has 0 amide bonds. The van der Waals surface area contributed by atoms with Crippen LogP contribution in [0.15, 0.2) is 0 Å². The van der Waals surface area contributed by atoms with Crippen LogP contribution in [-0.2, 0) is 0 Å². The molecular formula is C5H11NS+. The Morgan fingerprint density at radius 3 is 2.43 bits per heavy atom. The van der Waals surface area contributed by atoms with E-state index >= 15 is 0 Å². The number of thioether (sulfide) groups is 1. The number of quaternary nitrogens is 1. The van der Waals surface area contributed by atoms with Crippen LogP contribution >= 0.6 is 11.8 Å². The Balaban J connectivity index is 2.40. The van der Waals surface area contributed by atoms with E-state index in [4.69, 9.17) is 0 Å². The molecule has 0 N–H and O–H groups in total. The molecule has 0 aromatic carbocycles. The van der Waals surface area contributed by atoms with Gasteiger partial charge in [0.05, 0.1) is 20.6 Å². The highest BCUT2D eigenvalue weighted by atomic mass is 32.2. The zero-order valence-corrected chi connectivity index (χ0v) is 5.66. The van der Waals surface area contributed by atoms with Gasteiger partial charge in [-0.05, 0) is 0 Å². The third-order valence-corrected chi connectivity index (χ3v) is 2.28. The zero-order chi connectivity index (χ0) is 5.33. The van der Waals surface area contributed by atoms with Gasteiger partial charge in [-0.1, -0.05) is 11.8 Å². The van der Waals surface area contributed by atoms with Crippen molar-refractivity contribution in [2.24, 2.45) is 0 Å².